The number of hydrogen-bond donors (Lipinski definition) is 1. The van der Waals surface area contributed by atoms with Gasteiger partial charge >= 0.3 is 0 Å². The molecule has 2 aliphatic rings. The molecule has 0 saturated carbocycles. The second-order valence-corrected chi connectivity index (χ2v) is 5.51. The summed E-state index contributed by atoms with van der Waals surface area (Å²) in [7, 11) is 0. The number of morpholine rings is 1. The van der Waals surface area contributed by atoms with Crippen LogP contribution in [0.5, 0.6) is 0 Å². The van der Waals surface area contributed by atoms with Gasteiger partial charge in [0.2, 0.25) is 0 Å². The summed E-state index contributed by atoms with van der Waals surface area (Å²) in [6.45, 7) is 4.09. The van der Waals surface area contributed by atoms with Crippen LogP contribution in [-0.2, 0) is 15.9 Å². The minimum atomic E-state index is -0.463. The van der Waals surface area contributed by atoms with Crippen molar-refractivity contribution in [2.24, 2.45) is 0 Å². The Kier molecular flexibility index (Phi) is 3.84. The highest BCUT2D eigenvalue weighted by atomic mass is 16.5. The fourth-order valence-electron chi connectivity index (χ4n) is 2.85. The van der Waals surface area contributed by atoms with E-state index in [1.165, 1.54) is 5.56 Å². The van der Waals surface area contributed by atoms with Crippen molar-refractivity contribution in [3.63, 3.8) is 0 Å². The summed E-state index contributed by atoms with van der Waals surface area (Å²) in [6.07, 6.45) is 0.758. The van der Waals surface area contributed by atoms with Gasteiger partial charge in [0.05, 0.1) is 32.5 Å². The first-order valence-corrected chi connectivity index (χ1v) is 6.92. The lowest BCUT2D eigenvalue weighted by Gasteiger charge is -2.47. The number of nitrogens with zero attached hydrogens (tertiary/aromatic N) is 1. The normalized spacial score (nSPS) is 29.1. The van der Waals surface area contributed by atoms with Gasteiger partial charge in [-0.05, 0) is 5.56 Å². The lowest BCUT2D eigenvalue weighted by Crippen LogP contribution is -2.61. The molecule has 0 bridgehead atoms. The van der Waals surface area contributed by atoms with Crippen LogP contribution >= 0.6 is 0 Å². The van der Waals surface area contributed by atoms with Gasteiger partial charge in [-0.2, -0.15) is 0 Å². The van der Waals surface area contributed by atoms with Crippen LogP contribution in [-0.4, -0.2) is 61.2 Å². The first-order chi connectivity index (χ1) is 9.31. The third-order valence-corrected chi connectivity index (χ3v) is 4.07. The smallest absolute Gasteiger partial charge is 0.108 e. The molecule has 1 N–H and O–H groups in total. The summed E-state index contributed by atoms with van der Waals surface area (Å²) in [5, 5.41) is 9.81. The molecule has 2 fully saturated rings. The maximum absolute atomic E-state index is 9.81. The van der Waals surface area contributed by atoms with Crippen LogP contribution in [0.15, 0.2) is 30.3 Å². The number of hydrogen-bond acceptors (Lipinski definition) is 4. The van der Waals surface area contributed by atoms with Gasteiger partial charge in [-0.3, -0.25) is 4.90 Å². The van der Waals surface area contributed by atoms with E-state index in [2.05, 4.69) is 17.0 Å². The second-order valence-electron chi connectivity index (χ2n) is 5.51. The Morgan fingerprint density at radius 2 is 2.05 bits per heavy atom. The van der Waals surface area contributed by atoms with Crippen molar-refractivity contribution < 1.29 is 14.6 Å². The minimum Gasteiger partial charge on any atom is -0.393 e. The zero-order chi connectivity index (χ0) is 13.1. The molecule has 1 aromatic rings. The average molecular weight is 263 g/mol. The van der Waals surface area contributed by atoms with E-state index in [9.17, 15) is 5.11 Å². The maximum Gasteiger partial charge on any atom is 0.108 e. The van der Waals surface area contributed by atoms with Gasteiger partial charge in [-0.15, -0.1) is 0 Å². The quantitative estimate of drug-likeness (QED) is 0.868. The summed E-state index contributed by atoms with van der Waals surface area (Å²) >= 11 is 0. The van der Waals surface area contributed by atoms with E-state index in [4.69, 9.17) is 9.47 Å². The van der Waals surface area contributed by atoms with Crippen LogP contribution < -0.4 is 0 Å². The lowest BCUT2D eigenvalue weighted by molar-refractivity contribution is -0.168. The molecule has 0 spiro atoms. The minimum absolute atomic E-state index is 0.0615. The molecule has 19 heavy (non-hydrogen) atoms. The van der Waals surface area contributed by atoms with Gasteiger partial charge in [0, 0.05) is 19.5 Å². The molecule has 1 aromatic carbocycles. The van der Waals surface area contributed by atoms with Crippen molar-refractivity contribution in [1.29, 1.82) is 0 Å². The number of benzene rings is 1. The largest absolute Gasteiger partial charge is 0.393 e. The molecule has 104 valence electrons. The Morgan fingerprint density at radius 1 is 1.26 bits per heavy atom. The van der Waals surface area contributed by atoms with Gasteiger partial charge in [0.15, 0.2) is 0 Å². The maximum atomic E-state index is 9.81. The van der Waals surface area contributed by atoms with Crippen LogP contribution in [0.3, 0.4) is 0 Å². The lowest BCUT2D eigenvalue weighted by atomic mass is 9.92. The third-order valence-electron chi connectivity index (χ3n) is 4.07. The molecule has 4 nitrogen and oxygen atoms in total. The molecule has 0 aromatic heterocycles. The van der Waals surface area contributed by atoms with E-state index in [1.807, 2.05) is 18.2 Å². The zero-order valence-corrected chi connectivity index (χ0v) is 11.1. The van der Waals surface area contributed by atoms with Crippen molar-refractivity contribution in [3.05, 3.63) is 35.9 Å². The predicted molar refractivity (Wildman–Crippen MR) is 72.1 cm³/mol. The van der Waals surface area contributed by atoms with E-state index in [0.29, 0.717) is 12.6 Å². The van der Waals surface area contributed by atoms with Gasteiger partial charge in [-0.1, -0.05) is 30.3 Å². The van der Waals surface area contributed by atoms with E-state index < -0.39 is 5.60 Å². The van der Waals surface area contributed by atoms with E-state index in [0.717, 1.165) is 32.7 Å². The summed E-state index contributed by atoms with van der Waals surface area (Å²) in [5.74, 6) is 0. The predicted octanol–water partition coefficient (Wildman–Crippen LogP) is 0.691. The molecule has 1 atom stereocenters. The van der Waals surface area contributed by atoms with E-state index >= 15 is 0 Å². The Balaban J connectivity index is 1.70. The second kappa shape index (κ2) is 5.59. The zero-order valence-electron chi connectivity index (χ0n) is 11.1. The van der Waals surface area contributed by atoms with Crippen LogP contribution in [0, 0.1) is 0 Å². The highest BCUT2D eigenvalue weighted by Crippen LogP contribution is 2.25. The first kappa shape index (κ1) is 13.1. The highest BCUT2D eigenvalue weighted by Gasteiger charge is 2.40. The highest BCUT2D eigenvalue weighted by molar-refractivity contribution is 5.18. The summed E-state index contributed by atoms with van der Waals surface area (Å²) < 4.78 is 11.2. The fraction of sp³-hybridized carbons (Fsp3) is 0.600. The molecular weight excluding hydrogens is 242 g/mol. The van der Waals surface area contributed by atoms with E-state index in [1.54, 1.807) is 0 Å². The van der Waals surface area contributed by atoms with Gasteiger partial charge < -0.3 is 14.6 Å². The first-order valence-electron chi connectivity index (χ1n) is 6.92. The monoisotopic (exact) mass is 263 g/mol. The van der Waals surface area contributed by atoms with Crippen molar-refractivity contribution in [1.82, 2.24) is 4.90 Å². The summed E-state index contributed by atoms with van der Waals surface area (Å²) in [5.41, 5.74) is 0.748. The Labute approximate surface area is 113 Å². The fourth-order valence-corrected chi connectivity index (χ4v) is 2.85. The van der Waals surface area contributed by atoms with Crippen molar-refractivity contribution >= 4 is 0 Å². The number of aliphatic hydroxyl groups is 1. The number of aliphatic hydroxyl groups excluding tert-OH is 1. The average Bonchev–Trinajstić information content (AvgIpc) is 2.38. The Bertz CT molecular complexity index is 407. The van der Waals surface area contributed by atoms with Crippen molar-refractivity contribution in [2.75, 3.05) is 39.5 Å². The molecule has 4 heteroatoms. The van der Waals surface area contributed by atoms with Crippen LogP contribution in [0.2, 0.25) is 0 Å². The van der Waals surface area contributed by atoms with Crippen molar-refractivity contribution in [2.45, 2.75) is 18.1 Å². The van der Waals surface area contributed by atoms with Crippen LogP contribution in [0.1, 0.15) is 5.56 Å². The standard InChI is InChI=1S/C15H21NO3/c17-12-15(8-13-4-2-1-3-5-13)11-16(6-7-19-15)14-9-18-10-14/h1-5,14,17H,6-12H2. The van der Waals surface area contributed by atoms with Crippen LogP contribution in [0.4, 0.5) is 0 Å². The van der Waals surface area contributed by atoms with Gasteiger partial charge in [0.25, 0.3) is 0 Å². The van der Waals surface area contributed by atoms with Gasteiger partial charge in [0.1, 0.15) is 5.60 Å². The molecule has 2 heterocycles. The molecule has 0 aliphatic carbocycles. The number of ether oxygens (including phenoxy) is 2. The SMILES string of the molecule is OCC1(Cc2ccccc2)CN(C2COC2)CCO1. The topological polar surface area (TPSA) is 41.9 Å². The third kappa shape index (κ3) is 2.82. The van der Waals surface area contributed by atoms with Crippen LogP contribution in [0.25, 0.3) is 0 Å². The Morgan fingerprint density at radius 3 is 2.68 bits per heavy atom. The molecule has 0 amide bonds. The molecule has 0 radical (unpaired) electrons. The number of rotatable bonds is 4. The summed E-state index contributed by atoms with van der Waals surface area (Å²) in [6, 6.07) is 10.7. The van der Waals surface area contributed by atoms with Crippen molar-refractivity contribution in [3.8, 4) is 0 Å². The summed E-state index contributed by atoms with van der Waals surface area (Å²) in [4.78, 5) is 2.40. The van der Waals surface area contributed by atoms with Gasteiger partial charge in [-0.25, -0.2) is 0 Å². The molecular formula is C15H21NO3. The van der Waals surface area contributed by atoms with E-state index in [-0.39, 0.29) is 6.61 Å². The molecule has 2 aliphatic heterocycles. The molecule has 3 rings (SSSR count). The molecule has 2 saturated heterocycles. The molecule has 1 unspecified atom stereocenters. The Hall–Kier alpha value is -0.940.